The van der Waals surface area contributed by atoms with Crippen LogP contribution in [0.15, 0.2) is 48.5 Å². The standard InChI is InChI=1S/C25H32N4O3/c1-3-32-23-9-7-21(8-10-23)26-24(30)27-13-11-22(12-14-27)29-16-15-28(25(29)31)18-20-6-4-5-19(2)17-20/h4-10,17,22H,3,11-16,18H2,1-2H3,(H,26,30). The fourth-order valence-corrected chi connectivity index (χ4v) is 4.50. The molecule has 2 heterocycles. The SMILES string of the molecule is CCOc1ccc(NC(=O)N2CCC(N3CCN(Cc4cccc(C)c4)C3=O)CC2)cc1. The molecule has 2 saturated heterocycles. The van der Waals surface area contributed by atoms with Crippen molar-refractivity contribution in [2.24, 2.45) is 0 Å². The van der Waals surface area contributed by atoms with Crippen LogP contribution in [0.25, 0.3) is 0 Å². The molecule has 2 aromatic rings. The lowest BCUT2D eigenvalue weighted by atomic mass is 10.0. The van der Waals surface area contributed by atoms with E-state index in [0.717, 1.165) is 37.4 Å². The van der Waals surface area contributed by atoms with Gasteiger partial charge in [0.1, 0.15) is 5.75 Å². The minimum atomic E-state index is -0.0959. The summed E-state index contributed by atoms with van der Waals surface area (Å²) in [6, 6.07) is 15.9. The molecule has 0 saturated carbocycles. The van der Waals surface area contributed by atoms with E-state index in [9.17, 15) is 9.59 Å². The maximum atomic E-state index is 13.0. The van der Waals surface area contributed by atoms with Gasteiger partial charge >= 0.3 is 12.1 Å². The van der Waals surface area contributed by atoms with Crippen molar-refractivity contribution in [3.8, 4) is 5.75 Å². The van der Waals surface area contributed by atoms with Gasteiger partial charge in [-0.1, -0.05) is 29.8 Å². The number of amides is 4. The third kappa shape index (κ3) is 5.15. The molecule has 2 aromatic carbocycles. The summed E-state index contributed by atoms with van der Waals surface area (Å²) in [5, 5.41) is 2.96. The van der Waals surface area contributed by atoms with E-state index in [0.29, 0.717) is 26.2 Å². The van der Waals surface area contributed by atoms with E-state index in [4.69, 9.17) is 4.74 Å². The van der Waals surface area contributed by atoms with Gasteiger partial charge in [-0.25, -0.2) is 9.59 Å². The number of benzene rings is 2. The van der Waals surface area contributed by atoms with Gasteiger partial charge in [-0.3, -0.25) is 0 Å². The van der Waals surface area contributed by atoms with Crippen molar-refractivity contribution in [3.05, 3.63) is 59.7 Å². The molecular formula is C25H32N4O3. The molecule has 0 aromatic heterocycles. The number of nitrogens with one attached hydrogen (secondary N) is 1. The molecule has 0 unspecified atom stereocenters. The highest BCUT2D eigenvalue weighted by Gasteiger charge is 2.36. The second kappa shape index (κ2) is 9.94. The number of likely N-dealkylation sites (tertiary alicyclic amines) is 1. The lowest BCUT2D eigenvalue weighted by Gasteiger charge is -2.36. The number of aryl methyl sites for hydroxylation is 1. The summed E-state index contributed by atoms with van der Waals surface area (Å²) in [5.41, 5.74) is 3.13. The molecule has 4 rings (SSSR count). The zero-order valence-corrected chi connectivity index (χ0v) is 18.9. The number of hydrogen-bond donors (Lipinski definition) is 1. The van der Waals surface area contributed by atoms with Gasteiger partial charge in [0, 0.05) is 44.5 Å². The van der Waals surface area contributed by atoms with Gasteiger partial charge in [0.2, 0.25) is 0 Å². The Labute approximate surface area is 189 Å². The molecule has 1 N–H and O–H groups in total. The first-order valence-corrected chi connectivity index (χ1v) is 11.4. The highest BCUT2D eigenvalue weighted by Crippen LogP contribution is 2.24. The molecule has 0 spiro atoms. The first kappa shape index (κ1) is 22.0. The van der Waals surface area contributed by atoms with Crippen molar-refractivity contribution in [2.45, 2.75) is 39.3 Å². The number of piperidine rings is 1. The van der Waals surface area contributed by atoms with Gasteiger partial charge in [-0.15, -0.1) is 0 Å². The molecule has 170 valence electrons. The Balaban J connectivity index is 1.26. The first-order chi connectivity index (χ1) is 15.5. The third-order valence-electron chi connectivity index (χ3n) is 6.19. The molecule has 7 heteroatoms. The summed E-state index contributed by atoms with van der Waals surface area (Å²) in [6.07, 6.45) is 1.61. The zero-order valence-electron chi connectivity index (χ0n) is 18.9. The highest BCUT2D eigenvalue weighted by molar-refractivity contribution is 5.89. The van der Waals surface area contributed by atoms with E-state index in [1.165, 1.54) is 11.1 Å². The van der Waals surface area contributed by atoms with Crippen molar-refractivity contribution in [3.63, 3.8) is 0 Å². The second-order valence-electron chi connectivity index (χ2n) is 8.49. The fraction of sp³-hybridized carbons (Fsp3) is 0.440. The van der Waals surface area contributed by atoms with Crippen molar-refractivity contribution in [1.29, 1.82) is 0 Å². The fourth-order valence-electron chi connectivity index (χ4n) is 4.50. The van der Waals surface area contributed by atoms with Crippen LogP contribution in [0.4, 0.5) is 15.3 Å². The maximum Gasteiger partial charge on any atom is 0.321 e. The van der Waals surface area contributed by atoms with Gasteiger partial charge in [-0.05, 0) is 56.5 Å². The molecule has 2 aliphatic rings. The van der Waals surface area contributed by atoms with E-state index in [1.807, 2.05) is 52.0 Å². The summed E-state index contributed by atoms with van der Waals surface area (Å²) >= 11 is 0. The van der Waals surface area contributed by atoms with E-state index in [2.05, 4.69) is 30.4 Å². The summed E-state index contributed by atoms with van der Waals surface area (Å²) < 4.78 is 5.44. The summed E-state index contributed by atoms with van der Waals surface area (Å²) in [4.78, 5) is 31.4. The molecule has 0 radical (unpaired) electrons. The van der Waals surface area contributed by atoms with Crippen LogP contribution in [0.5, 0.6) is 5.75 Å². The highest BCUT2D eigenvalue weighted by atomic mass is 16.5. The molecule has 0 aliphatic carbocycles. The van der Waals surface area contributed by atoms with E-state index < -0.39 is 0 Å². The second-order valence-corrected chi connectivity index (χ2v) is 8.49. The third-order valence-corrected chi connectivity index (χ3v) is 6.19. The molecule has 32 heavy (non-hydrogen) atoms. The van der Waals surface area contributed by atoms with Crippen LogP contribution in [0.1, 0.15) is 30.9 Å². The number of carbonyl (C=O) groups excluding carboxylic acids is 2. The number of hydrogen-bond acceptors (Lipinski definition) is 3. The number of carbonyl (C=O) groups is 2. The quantitative estimate of drug-likeness (QED) is 0.733. The lowest BCUT2D eigenvalue weighted by Crippen LogP contribution is -2.49. The molecule has 4 amide bonds. The van der Waals surface area contributed by atoms with Crippen LogP contribution in [-0.2, 0) is 6.54 Å². The number of rotatable bonds is 6. The molecular weight excluding hydrogens is 404 g/mol. The van der Waals surface area contributed by atoms with E-state index >= 15 is 0 Å². The Morgan fingerprint density at radius 2 is 1.81 bits per heavy atom. The number of anilines is 1. The first-order valence-electron chi connectivity index (χ1n) is 11.4. The van der Waals surface area contributed by atoms with Crippen molar-refractivity contribution < 1.29 is 14.3 Å². The molecule has 2 aliphatic heterocycles. The van der Waals surface area contributed by atoms with Gasteiger partial charge in [0.15, 0.2) is 0 Å². The van der Waals surface area contributed by atoms with Crippen molar-refractivity contribution in [2.75, 3.05) is 38.1 Å². The van der Waals surface area contributed by atoms with Crippen LogP contribution < -0.4 is 10.1 Å². The largest absolute Gasteiger partial charge is 0.494 e. The minimum absolute atomic E-state index is 0.0959. The summed E-state index contributed by atoms with van der Waals surface area (Å²) in [5.74, 6) is 0.790. The zero-order chi connectivity index (χ0) is 22.5. The predicted molar refractivity (Wildman–Crippen MR) is 125 cm³/mol. The van der Waals surface area contributed by atoms with Crippen LogP contribution in [0.2, 0.25) is 0 Å². The van der Waals surface area contributed by atoms with Gasteiger partial charge < -0.3 is 24.8 Å². The number of nitrogens with zero attached hydrogens (tertiary/aromatic N) is 3. The van der Waals surface area contributed by atoms with Gasteiger partial charge in [0.05, 0.1) is 6.61 Å². The number of urea groups is 2. The van der Waals surface area contributed by atoms with Gasteiger partial charge in [-0.2, -0.15) is 0 Å². The van der Waals surface area contributed by atoms with Gasteiger partial charge in [0.25, 0.3) is 0 Å². The lowest BCUT2D eigenvalue weighted by molar-refractivity contribution is 0.139. The van der Waals surface area contributed by atoms with Crippen LogP contribution >= 0.6 is 0 Å². The van der Waals surface area contributed by atoms with Crippen molar-refractivity contribution >= 4 is 17.7 Å². The van der Waals surface area contributed by atoms with Crippen LogP contribution in [0.3, 0.4) is 0 Å². The molecule has 0 bridgehead atoms. The summed E-state index contributed by atoms with van der Waals surface area (Å²) in [7, 11) is 0. The monoisotopic (exact) mass is 436 g/mol. The van der Waals surface area contributed by atoms with Crippen LogP contribution in [-0.4, -0.2) is 65.6 Å². The van der Waals surface area contributed by atoms with E-state index in [-0.39, 0.29) is 18.1 Å². The van der Waals surface area contributed by atoms with E-state index in [1.54, 1.807) is 0 Å². The minimum Gasteiger partial charge on any atom is -0.494 e. The number of ether oxygens (including phenoxy) is 1. The average molecular weight is 437 g/mol. The molecule has 7 nitrogen and oxygen atoms in total. The predicted octanol–water partition coefficient (Wildman–Crippen LogP) is 4.33. The summed E-state index contributed by atoms with van der Waals surface area (Å²) in [6.45, 7) is 8.09. The van der Waals surface area contributed by atoms with Crippen molar-refractivity contribution in [1.82, 2.24) is 14.7 Å². The molecule has 2 fully saturated rings. The Kier molecular flexibility index (Phi) is 6.83. The Morgan fingerprint density at radius 1 is 1.06 bits per heavy atom. The maximum absolute atomic E-state index is 13.0. The Morgan fingerprint density at radius 3 is 2.50 bits per heavy atom. The smallest absolute Gasteiger partial charge is 0.321 e. The topological polar surface area (TPSA) is 65.1 Å². The normalized spacial score (nSPS) is 17.1. The van der Waals surface area contributed by atoms with Crippen LogP contribution in [0, 0.1) is 6.92 Å². The Bertz CT molecular complexity index is 938. The molecule has 0 atom stereocenters. The Hall–Kier alpha value is -3.22. The average Bonchev–Trinajstić information content (AvgIpc) is 3.15.